The number of carbonyl (C=O) groups excluding carboxylic acids is 2. The zero-order chi connectivity index (χ0) is 18.5. The Bertz CT molecular complexity index is 778. The van der Waals surface area contributed by atoms with E-state index in [-0.39, 0.29) is 30.0 Å². The number of nitrogens with one attached hydrogen (secondary N) is 1. The summed E-state index contributed by atoms with van der Waals surface area (Å²) >= 11 is 5.01. The molecule has 1 aliphatic rings. The van der Waals surface area contributed by atoms with Gasteiger partial charge in [0.25, 0.3) is 0 Å². The quantitative estimate of drug-likeness (QED) is 0.772. The van der Waals surface area contributed by atoms with Crippen molar-refractivity contribution in [2.45, 2.75) is 25.8 Å². The van der Waals surface area contributed by atoms with Gasteiger partial charge in [0.1, 0.15) is 5.82 Å². The Kier molecular flexibility index (Phi) is 6.43. The van der Waals surface area contributed by atoms with Crippen LogP contribution in [0.15, 0.2) is 40.2 Å². The SMILES string of the molecule is O=C(NCc1ccc(Br)s1)C1CCCN(C(=O)Cc2ccc(F)cc2)C1. The molecule has 0 bridgehead atoms. The Balaban J connectivity index is 1.51. The molecule has 1 unspecified atom stereocenters. The van der Waals surface area contributed by atoms with Crippen LogP contribution < -0.4 is 5.32 Å². The van der Waals surface area contributed by atoms with Crippen LogP contribution in [0.2, 0.25) is 0 Å². The molecule has 1 aromatic carbocycles. The van der Waals surface area contributed by atoms with Gasteiger partial charge < -0.3 is 10.2 Å². The number of piperidine rings is 1. The second-order valence-electron chi connectivity index (χ2n) is 6.41. The number of carbonyl (C=O) groups is 2. The van der Waals surface area contributed by atoms with E-state index in [1.807, 2.05) is 12.1 Å². The monoisotopic (exact) mass is 438 g/mol. The molecule has 0 aliphatic carbocycles. The highest BCUT2D eigenvalue weighted by Crippen LogP contribution is 2.22. The molecule has 4 nitrogen and oxygen atoms in total. The van der Waals surface area contributed by atoms with Crippen LogP contribution in [0.4, 0.5) is 4.39 Å². The number of amides is 2. The van der Waals surface area contributed by atoms with Crippen molar-refractivity contribution < 1.29 is 14.0 Å². The Morgan fingerprint density at radius 2 is 2.00 bits per heavy atom. The molecule has 2 amide bonds. The van der Waals surface area contributed by atoms with Crippen LogP contribution in [-0.4, -0.2) is 29.8 Å². The van der Waals surface area contributed by atoms with Gasteiger partial charge in [-0.1, -0.05) is 12.1 Å². The Morgan fingerprint density at radius 3 is 2.69 bits per heavy atom. The van der Waals surface area contributed by atoms with Gasteiger partial charge in [-0.15, -0.1) is 11.3 Å². The van der Waals surface area contributed by atoms with Crippen LogP contribution in [0.5, 0.6) is 0 Å². The average molecular weight is 439 g/mol. The van der Waals surface area contributed by atoms with Gasteiger partial charge in [-0.05, 0) is 58.6 Å². The molecule has 1 atom stereocenters. The van der Waals surface area contributed by atoms with E-state index in [9.17, 15) is 14.0 Å². The molecule has 3 rings (SSSR count). The van der Waals surface area contributed by atoms with E-state index in [4.69, 9.17) is 0 Å². The lowest BCUT2D eigenvalue weighted by atomic mass is 9.96. The van der Waals surface area contributed by atoms with E-state index < -0.39 is 0 Å². The maximum absolute atomic E-state index is 13.0. The van der Waals surface area contributed by atoms with Crippen LogP contribution in [0.25, 0.3) is 0 Å². The van der Waals surface area contributed by atoms with Gasteiger partial charge in [-0.2, -0.15) is 0 Å². The summed E-state index contributed by atoms with van der Waals surface area (Å²) < 4.78 is 14.0. The number of benzene rings is 1. The summed E-state index contributed by atoms with van der Waals surface area (Å²) in [4.78, 5) is 27.8. The van der Waals surface area contributed by atoms with Crippen LogP contribution >= 0.6 is 27.3 Å². The van der Waals surface area contributed by atoms with Crippen molar-refractivity contribution in [2.75, 3.05) is 13.1 Å². The number of thiophene rings is 1. The summed E-state index contributed by atoms with van der Waals surface area (Å²) in [7, 11) is 0. The van der Waals surface area contributed by atoms with Crippen LogP contribution in [0, 0.1) is 11.7 Å². The predicted octanol–water partition coefficient (Wildman–Crippen LogP) is 3.75. The van der Waals surface area contributed by atoms with Gasteiger partial charge >= 0.3 is 0 Å². The first kappa shape index (κ1) is 19.0. The molecule has 0 spiro atoms. The van der Waals surface area contributed by atoms with Gasteiger partial charge in [-0.25, -0.2) is 4.39 Å². The van der Waals surface area contributed by atoms with Crippen molar-refractivity contribution in [3.63, 3.8) is 0 Å². The van der Waals surface area contributed by atoms with E-state index >= 15 is 0 Å². The molecule has 1 aliphatic heterocycles. The predicted molar refractivity (Wildman–Crippen MR) is 103 cm³/mol. The molecule has 138 valence electrons. The Labute approximate surface area is 164 Å². The molecule has 26 heavy (non-hydrogen) atoms. The van der Waals surface area contributed by atoms with Crippen LogP contribution in [0.1, 0.15) is 23.3 Å². The molecule has 1 aromatic heterocycles. The molecular weight excluding hydrogens is 419 g/mol. The second-order valence-corrected chi connectivity index (χ2v) is 8.95. The first-order chi connectivity index (χ1) is 12.5. The third-order valence-corrected chi connectivity index (χ3v) is 6.10. The minimum absolute atomic E-state index is 0.00574. The number of nitrogens with zero attached hydrogens (tertiary/aromatic N) is 1. The standard InChI is InChI=1S/C19H20BrFN2O2S/c20-17-8-7-16(26-17)11-22-19(25)14-2-1-9-23(12-14)18(24)10-13-3-5-15(21)6-4-13/h3-8,14H,1-2,9-12H2,(H,22,25). The maximum atomic E-state index is 13.0. The van der Waals surface area contributed by atoms with Crippen molar-refractivity contribution in [3.8, 4) is 0 Å². The first-order valence-electron chi connectivity index (χ1n) is 8.55. The fourth-order valence-corrected chi connectivity index (χ4v) is 4.49. The van der Waals surface area contributed by atoms with Crippen LogP contribution in [0.3, 0.4) is 0 Å². The summed E-state index contributed by atoms with van der Waals surface area (Å²) in [6.45, 7) is 1.62. The fourth-order valence-electron chi connectivity index (χ4n) is 3.07. The molecule has 2 aromatic rings. The normalized spacial score (nSPS) is 17.2. The molecule has 0 saturated carbocycles. The van der Waals surface area contributed by atoms with Gasteiger partial charge in [0.15, 0.2) is 0 Å². The minimum Gasteiger partial charge on any atom is -0.351 e. The van der Waals surface area contributed by atoms with Crippen molar-refractivity contribution in [2.24, 2.45) is 5.92 Å². The highest BCUT2D eigenvalue weighted by molar-refractivity contribution is 9.11. The summed E-state index contributed by atoms with van der Waals surface area (Å²) in [6, 6.07) is 9.91. The summed E-state index contributed by atoms with van der Waals surface area (Å²) in [6.07, 6.45) is 1.84. The molecule has 1 fully saturated rings. The molecule has 1 N–H and O–H groups in total. The molecule has 0 radical (unpaired) electrons. The largest absolute Gasteiger partial charge is 0.351 e. The second kappa shape index (κ2) is 8.77. The molecule has 7 heteroatoms. The Morgan fingerprint density at radius 1 is 1.23 bits per heavy atom. The topological polar surface area (TPSA) is 49.4 Å². The summed E-state index contributed by atoms with van der Waals surface area (Å²) in [5.41, 5.74) is 0.784. The highest BCUT2D eigenvalue weighted by Gasteiger charge is 2.28. The Hall–Kier alpha value is -1.73. The molecule has 1 saturated heterocycles. The minimum atomic E-state index is -0.311. The van der Waals surface area contributed by atoms with Crippen molar-refractivity contribution in [3.05, 3.63) is 56.4 Å². The van der Waals surface area contributed by atoms with E-state index in [0.717, 1.165) is 27.1 Å². The lowest BCUT2D eigenvalue weighted by Crippen LogP contribution is -2.45. The van der Waals surface area contributed by atoms with E-state index in [1.165, 1.54) is 12.1 Å². The first-order valence-corrected chi connectivity index (χ1v) is 10.2. The van der Waals surface area contributed by atoms with E-state index in [1.54, 1.807) is 28.4 Å². The zero-order valence-electron chi connectivity index (χ0n) is 14.2. The van der Waals surface area contributed by atoms with Gasteiger partial charge in [-0.3, -0.25) is 9.59 Å². The smallest absolute Gasteiger partial charge is 0.227 e. The van der Waals surface area contributed by atoms with E-state index in [2.05, 4.69) is 21.2 Å². The average Bonchev–Trinajstić information content (AvgIpc) is 3.07. The third kappa shape index (κ3) is 5.14. The number of halogens is 2. The van der Waals surface area contributed by atoms with E-state index in [0.29, 0.717) is 19.6 Å². The number of hydrogen-bond acceptors (Lipinski definition) is 3. The number of hydrogen-bond donors (Lipinski definition) is 1. The van der Waals surface area contributed by atoms with Crippen molar-refractivity contribution in [1.82, 2.24) is 10.2 Å². The summed E-state index contributed by atoms with van der Waals surface area (Å²) in [5.74, 6) is -0.511. The van der Waals surface area contributed by atoms with Gasteiger partial charge in [0.05, 0.1) is 22.7 Å². The highest BCUT2D eigenvalue weighted by atomic mass is 79.9. The van der Waals surface area contributed by atoms with Crippen molar-refractivity contribution >= 4 is 39.1 Å². The fraction of sp³-hybridized carbons (Fsp3) is 0.368. The van der Waals surface area contributed by atoms with Crippen molar-refractivity contribution in [1.29, 1.82) is 0 Å². The maximum Gasteiger partial charge on any atom is 0.227 e. The molecular formula is C19H20BrFN2O2S. The third-order valence-electron chi connectivity index (χ3n) is 4.48. The summed E-state index contributed by atoms with van der Waals surface area (Å²) in [5, 5.41) is 2.97. The van der Waals surface area contributed by atoms with Gasteiger partial charge in [0.2, 0.25) is 11.8 Å². The lowest BCUT2D eigenvalue weighted by Gasteiger charge is -2.32. The molecule has 2 heterocycles. The number of rotatable bonds is 5. The number of likely N-dealkylation sites (tertiary alicyclic amines) is 1. The van der Waals surface area contributed by atoms with Gasteiger partial charge in [0, 0.05) is 18.0 Å². The van der Waals surface area contributed by atoms with Crippen LogP contribution in [-0.2, 0) is 22.6 Å². The lowest BCUT2D eigenvalue weighted by molar-refractivity contribution is -0.135. The zero-order valence-corrected chi connectivity index (χ0v) is 16.6.